The molecular weight excluding hydrogens is 626 g/mol. The predicted octanol–water partition coefficient (Wildman–Crippen LogP) is 2.08. The summed E-state index contributed by atoms with van der Waals surface area (Å²) in [4.78, 5) is 46.6. The zero-order valence-electron chi connectivity index (χ0n) is 27.2. The van der Waals surface area contributed by atoms with Crippen LogP contribution >= 0.6 is 0 Å². The topological polar surface area (TPSA) is 186 Å². The van der Waals surface area contributed by atoms with Crippen molar-refractivity contribution in [1.29, 1.82) is 0 Å². The normalized spacial score (nSPS) is 15.8. The average molecular weight is 672 g/mol. The molecule has 3 unspecified atom stereocenters. The molecule has 256 valence electrons. The Kier molecular flexibility index (Phi) is 12.3. The summed E-state index contributed by atoms with van der Waals surface area (Å²) in [5.74, 6) is -0.737. The molecule has 0 spiro atoms. The third-order valence-electron chi connectivity index (χ3n) is 7.88. The van der Waals surface area contributed by atoms with Gasteiger partial charge in [0.05, 0.1) is 41.7 Å². The number of carbonyl (C=O) groups is 3. The number of hydrogen-bond donors (Lipinski definition) is 5. The van der Waals surface area contributed by atoms with Gasteiger partial charge in [0.1, 0.15) is 6.04 Å². The standard InChI is InChI=1S/C32H45N7O7S/c1-21(2)18-39(47(44,45)24-12-13-25-26(17-24)36-31(35-25)37-32(43)46-4)19-28(40)27(16-23-10-6-5-7-11-23)34-30(42)22(3)33-29(41)20-38-14-8-9-15-38/h5-7,10-13,17,21-22,27-28,40H,8-9,14-16,18-20H2,1-4H3,(H,33,41)(H,34,42)(H2,35,36,37,43). The van der Waals surface area contributed by atoms with Gasteiger partial charge in [-0.1, -0.05) is 44.2 Å². The van der Waals surface area contributed by atoms with E-state index in [4.69, 9.17) is 0 Å². The maximum atomic E-state index is 14.0. The molecule has 2 heterocycles. The fraction of sp³-hybridized carbons (Fsp3) is 0.500. The monoisotopic (exact) mass is 671 g/mol. The van der Waals surface area contributed by atoms with E-state index in [2.05, 4.69) is 30.7 Å². The number of likely N-dealkylation sites (tertiary alicyclic amines) is 1. The van der Waals surface area contributed by atoms with E-state index in [-0.39, 0.29) is 48.7 Å². The second-order valence-electron chi connectivity index (χ2n) is 12.2. The van der Waals surface area contributed by atoms with Crippen molar-refractivity contribution in [1.82, 2.24) is 29.8 Å². The van der Waals surface area contributed by atoms with Gasteiger partial charge in [0.15, 0.2) is 0 Å². The Morgan fingerprint density at radius 3 is 2.40 bits per heavy atom. The summed E-state index contributed by atoms with van der Waals surface area (Å²) in [6.07, 6.45) is 0.281. The summed E-state index contributed by atoms with van der Waals surface area (Å²) in [6, 6.07) is 11.9. The van der Waals surface area contributed by atoms with Crippen LogP contribution in [0.15, 0.2) is 53.4 Å². The largest absolute Gasteiger partial charge is 0.453 e. The SMILES string of the molecule is COC(=O)Nc1nc2ccc(S(=O)(=O)N(CC(C)C)CC(O)C(Cc3ccccc3)NC(=O)C(C)NC(=O)CN3CCCC3)cc2[nH]1. The zero-order chi connectivity index (χ0) is 34.1. The van der Waals surface area contributed by atoms with Gasteiger partial charge in [0.2, 0.25) is 27.8 Å². The number of benzene rings is 2. The fourth-order valence-corrected chi connectivity index (χ4v) is 7.12. The molecule has 0 saturated carbocycles. The number of hydrogen-bond acceptors (Lipinski definition) is 9. The van der Waals surface area contributed by atoms with E-state index in [1.165, 1.54) is 29.6 Å². The molecule has 1 aliphatic heterocycles. The van der Waals surface area contributed by atoms with Crippen molar-refractivity contribution in [2.24, 2.45) is 5.92 Å². The number of methoxy groups -OCH3 is 1. The quantitative estimate of drug-likeness (QED) is 0.161. The minimum atomic E-state index is -4.14. The van der Waals surface area contributed by atoms with Gasteiger partial charge in [-0.25, -0.2) is 18.2 Å². The number of anilines is 1. The highest BCUT2D eigenvalue weighted by atomic mass is 32.2. The van der Waals surface area contributed by atoms with Crippen molar-refractivity contribution in [2.45, 2.75) is 63.1 Å². The molecule has 0 bridgehead atoms. The van der Waals surface area contributed by atoms with Crippen molar-refractivity contribution in [3.63, 3.8) is 0 Å². The number of rotatable bonds is 15. The maximum absolute atomic E-state index is 14.0. The Balaban J connectivity index is 1.53. The Hall–Kier alpha value is -4.05. The van der Waals surface area contributed by atoms with Crippen molar-refractivity contribution >= 4 is 44.9 Å². The van der Waals surface area contributed by atoms with Crippen molar-refractivity contribution in [3.05, 3.63) is 54.1 Å². The number of aliphatic hydroxyl groups excluding tert-OH is 1. The first kappa shape index (κ1) is 35.8. The average Bonchev–Trinajstić information content (AvgIpc) is 3.69. The van der Waals surface area contributed by atoms with E-state index in [1.54, 1.807) is 6.92 Å². The molecule has 3 amide bonds. The Morgan fingerprint density at radius 1 is 1.04 bits per heavy atom. The molecule has 1 saturated heterocycles. The highest BCUT2D eigenvalue weighted by Gasteiger charge is 2.32. The number of aliphatic hydroxyl groups is 1. The molecule has 0 aliphatic carbocycles. The molecule has 47 heavy (non-hydrogen) atoms. The number of ether oxygens (including phenoxy) is 1. The summed E-state index contributed by atoms with van der Waals surface area (Å²) in [7, 11) is -2.93. The number of aromatic nitrogens is 2. The van der Waals surface area contributed by atoms with Gasteiger partial charge in [0.25, 0.3) is 0 Å². The lowest BCUT2D eigenvalue weighted by Crippen LogP contribution is -2.55. The third-order valence-corrected chi connectivity index (χ3v) is 9.71. The molecule has 1 fully saturated rings. The van der Waals surface area contributed by atoms with Crippen LogP contribution in [0.25, 0.3) is 11.0 Å². The van der Waals surface area contributed by atoms with Gasteiger partial charge in [-0.15, -0.1) is 0 Å². The van der Waals surface area contributed by atoms with Gasteiger partial charge in [0, 0.05) is 13.1 Å². The molecule has 2 aromatic carbocycles. The number of nitrogens with zero attached hydrogens (tertiary/aromatic N) is 3. The number of aromatic amines is 1. The van der Waals surface area contributed by atoms with Crippen LogP contribution in [0.5, 0.6) is 0 Å². The van der Waals surface area contributed by atoms with E-state index in [0.717, 1.165) is 31.5 Å². The van der Waals surface area contributed by atoms with E-state index in [9.17, 15) is 27.9 Å². The number of imidazole rings is 1. The lowest BCUT2D eigenvalue weighted by Gasteiger charge is -2.31. The third kappa shape index (κ3) is 9.97. The van der Waals surface area contributed by atoms with Crippen molar-refractivity contribution in [2.75, 3.05) is 45.2 Å². The van der Waals surface area contributed by atoms with Crippen LogP contribution in [0.3, 0.4) is 0 Å². The minimum absolute atomic E-state index is 0.0379. The van der Waals surface area contributed by atoms with Crippen molar-refractivity contribution < 1.29 is 32.6 Å². The first-order valence-corrected chi connectivity index (χ1v) is 17.2. The molecule has 3 aromatic rings. The minimum Gasteiger partial charge on any atom is -0.453 e. The molecule has 5 N–H and O–H groups in total. The molecule has 15 heteroatoms. The molecule has 1 aliphatic rings. The number of carbonyl (C=O) groups excluding carboxylic acids is 3. The van der Waals surface area contributed by atoms with Gasteiger partial charge in [-0.3, -0.25) is 19.8 Å². The summed E-state index contributed by atoms with van der Waals surface area (Å²) in [6.45, 7) is 7.02. The summed E-state index contributed by atoms with van der Waals surface area (Å²) in [5, 5.41) is 19.6. The Labute approximate surface area is 275 Å². The molecule has 1 aromatic heterocycles. The Morgan fingerprint density at radius 2 is 1.74 bits per heavy atom. The first-order valence-electron chi connectivity index (χ1n) is 15.7. The number of fused-ring (bicyclic) bond motifs is 1. The van der Waals surface area contributed by atoms with Crippen LogP contribution in [0, 0.1) is 5.92 Å². The van der Waals surface area contributed by atoms with E-state index in [0.29, 0.717) is 11.0 Å². The van der Waals surface area contributed by atoms with E-state index >= 15 is 0 Å². The first-order chi connectivity index (χ1) is 22.3. The molecule has 14 nitrogen and oxygen atoms in total. The van der Waals surface area contributed by atoms with Crippen molar-refractivity contribution in [3.8, 4) is 0 Å². The second-order valence-corrected chi connectivity index (χ2v) is 14.2. The van der Waals surface area contributed by atoms with Gasteiger partial charge in [-0.2, -0.15) is 4.31 Å². The smallest absolute Gasteiger partial charge is 0.413 e. The van der Waals surface area contributed by atoms with E-state index in [1.807, 2.05) is 49.1 Å². The Bertz CT molecular complexity index is 1620. The molecular formula is C32H45N7O7S. The highest BCUT2D eigenvalue weighted by molar-refractivity contribution is 7.89. The summed E-state index contributed by atoms with van der Waals surface area (Å²) in [5.41, 5.74) is 1.64. The summed E-state index contributed by atoms with van der Waals surface area (Å²) >= 11 is 0. The van der Waals surface area contributed by atoms with E-state index < -0.39 is 40.2 Å². The van der Waals surface area contributed by atoms with Crippen LogP contribution in [-0.2, 0) is 30.8 Å². The van der Waals surface area contributed by atoms with Crippen LogP contribution in [0.1, 0.15) is 39.2 Å². The van der Waals surface area contributed by atoms with Crippen LogP contribution < -0.4 is 16.0 Å². The van der Waals surface area contributed by atoms with Gasteiger partial charge in [-0.05, 0) is 69.0 Å². The molecule has 3 atom stereocenters. The highest BCUT2D eigenvalue weighted by Crippen LogP contribution is 2.24. The summed E-state index contributed by atoms with van der Waals surface area (Å²) < 4.78 is 33.8. The number of H-pyrrole nitrogens is 1. The number of nitrogens with one attached hydrogen (secondary N) is 4. The van der Waals surface area contributed by atoms with Crippen LogP contribution in [0.4, 0.5) is 10.7 Å². The van der Waals surface area contributed by atoms with Crippen LogP contribution in [-0.4, -0.2) is 109 Å². The second kappa shape index (κ2) is 16.2. The number of amides is 3. The van der Waals surface area contributed by atoms with Gasteiger partial charge < -0.3 is 25.5 Å². The maximum Gasteiger partial charge on any atom is 0.413 e. The lowest BCUT2D eigenvalue weighted by molar-refractivity contribution is -0.129. The lowest BCUT2D eigenvalue weighted by atomic mass is 10.0. The number of sulfonamides is 1. The predicted molar refractivity (Wildman–Crippen MR) is 177 cm³/mol. The van der Waals surface area contributed by atoms with Gasteiger partial charge >= 0.3 is 6.09 Å². The zero-order valence-corrected chi connectivity index (χ0v) is 28.0. The molecule has 4 rings (SSSR count). The van der Waals surface area contributed by atoms with Crippen LogP contribution in [0.2, 0.25) is 0 Å². The molecule has 0 radical (unpaired) electrons. The fourth-order valence-electron chi connectivity index (χ4n) is 5.47.